The van der Waals surface area contributed by atoms with Crippen LogP contribution in [0.15, 0.2) is 78.1 Å². The molecule has 1 aliphatic heterocycles. The molecule has 1 N–H and O–H groups in total. The molecule has 1 fully saturated rings. The summed E-state index contributed by atoms with van der Waals surface area (Å²) in [5.74, 6) is 1.08. The topological polar surface area (TPSA) is 88.8 Å². The van der Waals surface area contributed by atoms with E-state index in [-0.39, 0.29) is 5.56 Å². The third-order valence-corrected chi connectivity index (χ3v) is 7.88. The summed E-state index contributed by atoms with van der Waals surface area (Å²) in [7, 11) is 2.19. The van der Waals surface area contributed by atoms with Crippen LogP contribution in [0.5, 0.6) is 0 Å². The van der Waals surface area contributed by atoms with Crippen molar-refractivity contribution >= 4 is 22.7 Å². The van der Waals surface area contributed by atoms with Gasteiger partial charge in [-0.05, 0) is 93.7 Å². The van der Waals surface area contributed by atoms with Crippen molar-refractivity contribution in [3.05, 3.63) is 94.8 Å². The summed E-state index contributed by atoms with van der Waals surface area (Å²) >= 11 is 0. The standard InChI is InChI=1S/C32H33N7O/c1-4-39-30-25(18-28(31(39)40)27-10-7-24(17-21(27)2)29-20-33-13-14-34-29)19-35-32(37-30)36-26-8-5-22(6-9-26)23-11-15-38(3)16-12-23/h5-10,13-14,17-20,23H,4,11-12,15-16H2,1-3H3,(H,35,36,37). The summed E-state index contributed by atoms with van der Waals surface area (Å²) in [4.78, 5) is 33.9. The first-order chi connectivity index (χ1) is 19.5. The lowest BCUT2D eigenvalue weighted by Gasteiger charge is -2.29. The number of rotatable bonds is 6. The Morgan fingerprint density at radius 2 is 1.75 bits per heavy atom. The van der Waals surface area contributed by atoms with Crippen LogP contribution in [0.4, 0.5) is 11.6 Å². The predicted molar refractivity (Wildman–Crippen MR) is 160 cm³/mol. The van der Waals surface area contributed by atoms with E-state index in [2.05, 4.69) is 56.5 Å². The van der Waals surface area contributed by atoms with Crippen molar-refractivity contribution in [3.8, 4) is 22.4 Å². The minimum absolute atomic E-state index is 0.0718. The number of piperidine rings is 1. The van der Waals surface area contributed by atoms with Crippen LogP contribution in [0, 0.1) is 6.92 Å². The normalized spacial score (nSPS) is 14.5. The second-order valence-corrected chi connectivity index (χ2v) is 10.5. The van der Waals surface area contributed by atoms with E-state index < -0.39 is 0 Å². The molecule has 0 spiro atoms. The van der Waals surface area contributed by atoms with E-state index in [1.807, 2.05) is 38.1 Å². The van der Waals surface area contributed by atoms with Crippen LogP contribution < -0.4 is 10.9 Å². The molecule has 8 heteroatoms. The van der Waals surface area contributed by atoms with E-state index in [0.717, 1.165) is 46.5 Å². The molecular formula is C32H33N7O. The first-order valence-electron chi connectivity index (χ1n) is 13.8. The van der Waals surface area contributed by atoms with E-state index >= 15 is 0 Å². The zero-order chi connectivity index (χ0) is 27.6. The van der Waals surface area contributed by atoms with Crippen LogP contribution in [-0.4, -0.2) is 49.5 Å². The fraction of sp³-hybridized carbons (Fsp3) is 0.281. The van der Waals surface area contributed by atoms with Gasteiger partial charge in [0.05, 0.1) is 11.9 Å². The Hall–Kier alpha value is -4.43. The maximum absolute atomic E-state index is 13.7. The number of likely N-dealkylation sites (tertiary alicyclic amines) is 1. The number of fused-ring (bicyclic) bond motifs is 1. The molecule has 1 aliphatic rings. The van der Waals surface area contributed by atoms with E-state index in [1.54, 1.807) is 29.4 Å². The number of aryl methyl sites for hydroxylation is 2. The molecule has 0 atom stereocenters. The van der Waals surface area contributed by atoms with E-state index in [4.69, 9.17) is 4.98 Å². The van der Waals surface area contributed by atoms with Crippen molar-refractivity contribution < 1.29 is 0 Å². The molecule has 0 saturated carbocycles. The van der Waals surface area contributed by atoms with Crippen LogP contribution >= 0.6 is 0 Å². The average Bonchev–Trinajstić information content (AvgIpc) is 2.98. The minimum Gasteiger partial charge on any atom is -0.324 e. The summed E-state index contributed by atoms with van der Waals surface area (Å²) < 4.78 is 1.72. The summed E-state index contributed by atoms with van der Waals surface area (Å²) in [6.07, 6.45) is 9.24. The average molecular weight is 532 g/mol. The first-order valence-corrected chi connectivity index (χ1v) is 13.8. The van der Waals surface area contributed by atoms with E-state index in [0.29, 0.717) is 29.6 Å². The number of hydrogen-bond acceptors (Lipinski definition) is 7. The number of benzene rings is 2. The highest BCUT2D eigenvalue weighted by atomic mass is 16.1. The van der Waals surface area contributed by atoms with Gasteiger partial charge in [-0.1, -0.05) is 24.3 Å². The fourth-order valence-corrected chi connectivity index (χ4v) is 5.59. The van der Waals surface area contributed by atoms with Gasteiger partial charge in [0.1, 0.15) is 5.65 Å². The SMILES string of the molecule is CCn1c(=O)c(-c2ccc(-c3cnccn3)cc2C)cc2cnc(Nc3ccc(C4CCN(C)CC4)cc3)nc21. The van der Waals surface area contributed by atoms with Gasteiger partial charge >= 0.3 is 0 Å². The maximum atomic E-state index is 13.7. The molecule has 3 aromatic heterocycles. The monoisotopic (exact) mass is 531 g/mol. The number of nitrogens with one attached hydrogen (secondary N) is 1. The predicted octanol–water partition coefficient (Wildman–Crippen LogP) is 5.80. The molecule has 0 amide bonds. The molecule has 5 aromatic rings. The van der Waals surface area contributed by atoms with Gasteiger partial charge in [-0.2, -0.15) is 4.98 Å². The molecule has 1 saturated heterocycles. The molecule has 6 rings (SSSR count). The van der Waals surface area contributed by atoms with Gasteiger partial charge in [0.2, 0.25) is 5.95 Å². The van der Waals surface area contributed by atoms with Crippen molar-refractivity contribution in [3.63, 3.8) is 0 Å². The van der Waals surface area contributed by atoms with Crippen molar-refractivity contribution in [2.45, 2.75) is 39.2 Å². The highest BCUT2D eigenvalue weighted by Crippen LogP contribution is 2.30. The number of pyridine rings is 1. The largest absolute Gasteiger partial charge is 0.324 e. The van der Waals surface area contributed by atoms with Gasteiger partial charge < -0.3 is 10.2 Å². The second-order valence-electron chi connectivity index (χ2n) is 10.5. The van der Waals surface area contributed by atoms with Crippen LogP contribution in [-0.2, 0) is 6.54 Å². The Labute approximate surface area is 233 Å². The smallest absolute Gasteiger partial charge is 0.260 e. The maximum Gasteiger partial charge on any atom is 0.260 e. The van der Waals surface area contributed by atoms with E-state index in [1.165, 1.54) is 18.4 Å². The molecular weight excluding hydrogens is 498 g/mol. The summed E-state index contributed by atoms with van der Waals surface area (Å²) in [6.45, 7) is 6.76. The zero-order valence-electron chi connectivity index (χ0n) is 23.1. The summed E-state index contributed by atoms with van der Waals surface area (Å²) in [6, 6.07) is 16.5. The Morgan fingerprint density at radius 1 is 0.950 bits per heavy atom. The molecule has 0 radical (unpaired) electrons. The quantitative estimate of drug-likeness (QED) is 0.296. The van der Waals surface area contributed by atoms with Gasteiger partial charge in [-0.25, -0.2) is 4.98 Å². The van der Waals surface area contributed by atoms with Crippen molar-refractivity contribution in [1.29, 1.82) is 0 Å². The zero-order valence-corrected chi connectivity index (χ0v) is 23.1. The number of aromatic nitrogens is 5. The summed E-state index contributed by atoms with van der Waals surface area (Å²) in [5, 5.41) is 4.14. The summed E-state index contributed by atoms with van der Waals surface area (Å²) in [5.41, 5.74) is 7.12. The molecule has 202 valence electrons. The molecule has 40 heavy (non-hydrogen) atoms. The molecule has 0 bridgehead atoms. The third kappa shape index (κ3) is 5.10. The lowest BCUT2D eigenvalue weighted by Crippen LogP contribution is -2.29. The molecule has 2 aromatic carbocycles. The van der Waals surface area contributed by atoms with Gasteiger partial charge in [-0.15, -0.1) is 0 Å². The fourth-order valence-electron chi connectivity index (χ4n) is 5.59. The highest BCUT2D eigenvalue weighted by Gasteiger charge is 2.18. The lowest BCUT2D eigenvalue weighted by atomic mass is 9.89. The van der Waals surface area contributed by atoms with Crippen LogP contribution in [0.2, 0.25) is 0 Å². The number of anilines is 2. The van der Waals surface area contributed by atoms with E-state index in [9.17, 15) is 4.79 Å². The molecule has 0 unspecified atom stereocenters. The highest BCUT2D eigenvalue weighted by molar-refractivity contribution is 5.83. The second kappa shape index (κ2) is 11.0. The Balaban J connectivity index is 1.28. The molecule has 0 aliphatic carbocycles. The van der Waals surface area contributed by atoms with Gasteiger partial charge in [0, 0.05) is 47.3 Å². The van der Waals surface area contributed by atoms with Crippen molar-refractivity contribution in [2.75, 3.05) is 25.5 Å². The Kier molecular flexibility index (Phi) is 7.09. The molecule has 8 nitrogen and oxygen atoms in total. The van der Waals surface area contributed by atoms with Gasteiger partial charge in [-0.3, -0.25) is 19.3 Å². The Morgan fingerprint density at radius 3 is 2.45 bits per heavy atom. The van der Waals surface area contributed by atoms with Gasteiger partial charge in [0.25, 0.3) is 5.56 Å². The van der Waals surface area contributed by atoms with Crippen LogP contribution in [0.1, 0.15) is 36.8 Å². The Bertz CT molecular complexity index is 1710. The van der Waals surface area contributed by atoms with Crippen LogP contribution in [0.3, 0.4) is 0 Å². The number of nitrogens with zero attached hydrogens (tertiary/aromatic N) is 6. The first kappa shape index (κ1) is 25.8. The van der Waals surface area contributed by atoms with Crippen LogP contribution in [0.25, 0.3) is 33.4 Å². The third-order valence-electron chi connectivity index (χ3n) is 7.88. The minimum atomic E-state index is -0.0718. The van der Waals surface area contributed by atoms with Crippen molar-refractivity contribution in [2.24, 2.45) is 0 Å². The lowest BCUT2D eigenvalue weighted by molar-refractivity contribution is 0.255. The van der Waals surface area contributed by atoms with Gasteiger partial charge in [0.15, 0.2) is 0 Å². The van der Waals surface area contributed by atoms with Crippen molar-refractivity contribution in [1.82, 2.24) is 29.4 Å². The molecule has 4 heterocycles. The number of hydrogen-bond donors (Lipinski definition) is 1.